The number of aryl methyl sites for hydroxylation is 2. The number of rotatable bonds is 8. The minimum absolute atomic E-state index is 0.0369. The summed E-state index contributed by atoms with van der Waals surface area (Å²) in [6.07, 6.45) is 13.6. The van der Waals surface area contributed by atoms with E-state index in [0.29, 0.717) is 29.4 Å². The molecular formula is C34H54N6O3. The number of nitrogens with zero attached hydrogens (tertiary/aromatic N) is 5. The number of piperidine rings is 3. The van der Waals surface area contributed by atoms with Crippen LogP contribution in [0.1, 0.15) is 106 Å². The second-order valence-electron chi connectivity index (χ2n) is 14.5. The number of carbonyl (C=O) groups is 2. The van der Waals surface area contributed by atoms with Crippen LogP contribution < -0.4 is 5.32 Å². The highest BCUT2D eigenvalue weighted by atomic mass is 16.6. The third kappa shape index (κ3) is 6.18. The summed E-state index contributed by atoms with van der Waals surface area (Å²) in [6, 6.07) is 0.359. The van der Waals surface area contributed by atoms with E-state index in [0.717, 1.165) is 89.3 Å². The molecule has 1 aliphatic carbocycles. The first-order valence-corrected chi connectivity index (χ1v) is 17.3. The third-order valence-corrected chi connectivity index (χ3v) is 11.9. The number of ether oxygens (including phenoxy) is 1. The standard InChI is InChI=1S/C34H54N6O3/c1-5-6-7-28-22-40(30(26-8-9-26)27-10-16-35-17-11-27)32(42)43-34(28)14-20-39(21-15-34)33(4)12-18-38(19-13-33)31(41)29-24(2)36-23-37-25(29)3/h23,26-28,30,35H,5-22H2,1-4H3/t28?,30-/m0/s1. The van der Waals surface area contributed by atoms with Crippen molar-refractivity contribution in [2.75, 3.05) is 45.8 Å². The molecule has 0 aromatic carbocycles. The molecule has 4 saturated heterocycles. The Balaban J connectivity index is 1.10. The zero-order valence-corrected chi connectivity index (χ0v) is 27.1. The van der Waals surface area contributed by atoms with Crippen LogP contribution >= 0.6 is 0 Å². The number of aromatic nitrogens is 2. The van der Waals surface area contributed by atoms with Crippen LogP contribution in [0.3, 0.4) is 0 Å². The highest BCUT2D eigenvalue weighted by molar-refractivity contribution is 5.96. The maximum atomic E-state index is 13.8. The van der Waals surface area contributed by atoms with Crippen LogP contribution in [0.4, 0.5) is 4.79 Å². The Labute approximate surface area is 258 Å². The first-order valence-electron chi connectivity index (χ1n) is 17.3. The van der Waals surface area contributed by atoms with E-state index in [1.54, 1.807) is 0 Å². The fourth-order valence-electron chi connectivity index (χ4n) is 8.86. The molecule has 5 fully saturated rings. The van der Waals surface area contributed by atoms with Gasteiger partial charge in [-0.3, -0.25) is 9.69 Å². The molecule has 6 rings (SSSR count). The molecule has 43 heavy (non-hydrogen) atoms. The Kier molecular flexibility index (Phi) is 9.03. The fourth-order valence-corrected chi connectivity index (χ4v) is 8.86. The zero-order chi connectivity index (χ0) is 30.2. The maximum absolute atomic E-state index is 13.8. The Morgan fingerprint density at radius 1 is 1.00 bits per heavy atom. The monoisotopic (exact) mass is 594 g/mol. The lowest BCUT2D eigenvalue weighted by Gasteiger charge is -2.56. The van der Waals surface area contributed by atoms with Gasteiger partial charge in [0.2, 0.25) is 0 Å². The van der Waals surface area contributed by atoms with Crippen molar-refractivity contribution in [2.24, 2.45) is 17.8 Å². The third-order valence-electron chi connectivity index (χ3n) is 11.9. The van der Waals surface area contributed by atoms with Gasteiger partial charge in [-0.05, 0) is 90.6 Å². The molecule has 1 aromatic rings. The average Bonchev–Trinajstić information content (AvgIpc) is 3.84. The molecule has 0 bridgehead atoms. The first kappa shape index (κ1) is 30.8. The van der Waals surface area contributed by atoms with E-state index < -0.39 is 0 Å². The molecule has 2 amide bonds. The highest BCUT2D eigenvalue weighted by Crippen LogP contribution is 2.47. The van der Waals surface area contributed by atoms with Crippen molar-refractivity contribution in [1.82, 2.24) is 30.0 Å². The van der Waals surface area contributed by atoms with Crippen LogP contribution in [0.5, 0.6) is 0 Å². The summed E-state index contributed by atoms with van der Waals surface area (Å²) < 4.78 is 6.66. The minimum Gasteiger partial charge on any atom is -0.442 e. The van der Waals surface area contributed by atoms with E-state index in [4.69, 9.17) is 4.74 Å². The summed E-state index contributed by atoms with van der Waals surface area (Å²) in [6.45, 7) is 14.8. The van der Waals surface area contributed by atoms with Crippen LogP contribution in [-0.2, 0) is 4.74 Å². The van der Waals surface area contributed by atoms with Gasteiger partial charge in [0.05, 0.1) is 17.0 Å². The molecule has 1 unspecified atom stereocenters. The molecule has 5 aliphatic rings. The lowest BCUT2D eigenvalue weighted by atomic mass is 9.73. The molecule has 5 heterocycles. The van der Waals surface area contributed by atoms with Gasteiger partial charge >= 0.3 is 6.09 Å². The van der Waals surface area contributed by atoms with Gasteiger partial charge in [0, 0.05) is 63.1 Å². The smallest absolute Gasteiger partial charge is 0.410 e. The highest BCUT2D eigenvalue weighted by Gasteiger charge is 2.54. The summed E-state index contributed by atoms with van der Waals surface area (Å²) in [5.74, 6) is 1.73. The number of unbranched alkanes of at least 4 members (excludes halogenated alkanes) is 1. The van der Waals surface area contributed by atoms with Crippen molar-refractivity contribution in [2.45, 2.75) is 116 Å². The lowest BCUT2D eigenvalue weighted by molar-refractivity contribution is -0.142. The summed E-state index contributed by atoms with van der Waals surface area (Å²) in [4.78, 5) is 42.6. The first-order chi connectivity index (χ1) is 20.7. The van der Waals surface area contributed by atoms with Gasteiger partial charge in [-0.15, -0.1) is 0 Å². The molecule has 238 valence electrons. The molecule has 0 radical (unpaired) electrons. The Morgan fingerprint density at radius 2 is 1.63 bits per heavy atom. The summed E-state index contributed by atoms with van der Waals surface area (Å²) in [5.41, 5.74) is 1.87. The molecule has 2 atom stereocenters. The average molecular weight is 595 g/mol. The van der Waals surface area contributed by atoms with Crippen molar-refractivity contribution in [3.05, 3.63) is 23.3 Å². The van der Waals surface area contributed by atoms with Gasteiger partial charge in [-0.1, -0.05) is 19.8 Å². The van der Waals surface area contributed by atoms with Gasteiger partial charge in [-0.2, -0.15) is 0 Å². The second kappa shape index (κ2) is 12.6. The molecule has 1 saturated carbocycles. The van der Waals surface area contributed by atoms with Crippen molar-refractivity contribution in [3.8, 4) is 0 Å². The van der Waals surface area contributed by atoms with E-state index in [9.17, 15) is 9.59 Å². The molecule has 9 heteroatoms. The van der Waals surface area contributed by atoms with Gasteiger partial charge in [0.25, 0.3) is 5.91 Å². The van der Waals surface area contributed by atoms with Crippen LogP contribution in [0.15, 0.2) is 6.33 Å². The number of amides is 2. The molecule has 9 nitrogen and oxygen atoms in total. The number of nitrogens with one attached hydrogen (secondary N) is 1. The summed E-state index contributed by atoms with van der Waals surface area (Å²) in [5, 5.41) is 3.52. The number of hydrogen-bond donors (Lipinski definition) is 1. The second-order valence-corrected chi connectivity index (χ2v) is 14.5. The van der Waals surface area contributed by atoms with E-state index in [2.05, 4.69) is 38.9 Å². The van der Waals surface area contributed by atoms with Crippen LogP contribution in [-0.4, -0.2) is 99.7 Å². The molecule has 1 spiro atoms. The van der Waals surface area contributed by atoms with Crippen LogP contribution in [0, 0.1) is 31.6 Å². The Bertz CT molecular complexity index is 1130. The molecular weight excluding hydrogens is 540 g/mol. The van der Waals surface area contributed by atoms with E-state index in [1.807, 2.05) is 18.7 Å². The normalized spacial score (nSPS) is 27.3. The van der Waals surface area contributed by atoms with Crippen molar-refractivity contribution >= 4 is 12.0 Å². The SMILES string of the molecule is CCCCC1CN([C@H](C2CCNCC2)C2CC2)C(=O)OC12CCN(C1(C)CCN(C(=O)c3c(C)ncnc3C)CC1)CC2. The van der Waals surface area contributed by atoms with Crippen molar-refractivity contribution < 1.29 is 14.3 Å². The predicted octanol–water partition coefficient (Wildman–Crippen LogP) is 4.96. The van der Waals surface area contributed by atoms with Crippen molar-refractivity contribution in [1.29, 1.82) is 0 Å². The number of hydrogen-bond acceptors (Lipinski definition) is 7. The lowest BCUT2D eigenvalue weighted by Crippen LogP contribution is -2.65. The zero-order valence-electron chi connectivity index (χ0n) is 27.1. The number of carbonyl (C=O) groups excluding carboxylic acids is 2. The maximum Gasteiger partial charge on any atom is 0.410 e. The summed E-state index contributed by atoms with van der Waals surface area (Å²) >= 11 is 0. The number of likely N-dealkylation sites (tertiary alicyclic amines) is 2. The van der Waals surface area contributed by atoms with Gasteiger partial charge in [-0.25, -0.2) is 14.8 Å². The fraction of sp³-hybridized carbons (Fsp3) is 0.824. The van der Waals surface area contributed by atoms with Crippen molar-refractivity contribution in [3.63, 3.8) is 0 Å². The topological polar surface area (TPSA) is 90.9 Å². The van der Waals surface area contributed by atoms with Gasteiger partial charge < -0.3 is 19.9 Å². The Morgan fingerprint density at radius 3 is 2.23 bits per heavy atom. The quantitative estimate of drug-likeness (QED) is 0.455. The largest absolute Gasteiger partial charge is 0.442 e. The van der Waals surface area contributed by atoms with Gasteiger partial charge in [0.15, 0.2) is 0 Å². The predicted molar refractivity (Wildman–Crippen MR) is 167 cm³/mol. The molecule has 1 aromatic heterocycles. The Hall–Kier alpha value is -2.26. The summed E-state index contributed by atoms with van der Waals surface area (Å²) in [7, 11) is 0. The van der Waals surface area contributed by atoms with Crippen LogP contribution in [0.2, 0.25) is 0 Å². The van der Waals surface area contributed by atoms with E-state index in [1.165, 1.54) is 44.9 Å². The van der Waals surface area contributed by atoms with E-state index in [-0.39, 0.29) is 23.1 Å². The van der Waals surface area contributed by atoms with E-state index >= 15 is 0 Å². The molecule has 4 aliphatic heterocycles. The molecule has 1 N–H and O–H groups in total. The van der Waals surface area contributed by atoms with Crippen LogP contribution in [0.25, 0.3) is 0 Å². The van der Waals surface area contributed by atoms with Gasteiger partial charge in [0.1, 0.15) is 11.9 Å². The minimum atomic E-state index is -0.336.